The van der Waals surface area contributed by atoms with Gasteiger partial charge >= 0.3 is 0 Å². The molecule has 0 aliphatic rings. The van der Waals surface area contributed by atoms with Crippen LogP contribution < -0.4 is 0 Å². The molecular formula is C40H30. The van der Waals surface area contributed by atoms with Crippen molar-refractivity contribution in [3.05, 3.63) is 157 Å². The molecule has 0 amide bonds. The predicted molar refractivity (Wildman–Crippen MR) is 173 cm³/mol. The summed E-state index contributed by atoms with van der Waals surface area (Å²) in [7, 11) is 0. The first-order valence-corrected chi connectivity index (χ1v) is 14.0. The molecule has 0 radical (unpaired) electrons. The summed E-state index contributed by atoms with van der Waals surface area (Å²) in [6.07, 6.45) is 0. The number of hydrogen-bond acceptors (Lipinski definition) is 0. The second-order valence-corrected chi connectivity index (χ2v) is 10.7. The molecule has 0 N–H and O–H groups in total. The summed E-state index contributed by atoms with van der Waals surface area (Å²) >= 11 is 0. The standard InChI is InChI=1S/C40H30/c1-27-19-23-29(24-20-27)31-11-3-5-13-33(31)39-35-15-7-9-17-37(35)40(38-18-10-8-16-36(38)39)34-14-6-4-12-32(34)30-25-21-28(2)22-26-30/h3-26H,1-2H3. The quantitative estimate of drug-likeness (QED) is 0.207. The van der Waals surface area contributed by atoms with Crippen LogP contribution in [-0.2, 0) is 0 Å². The van der Waals surface area contributed by atoms with Gasteiger partial charge in [0.05, 0.1) is 0 Å². The van der Waals surface area contributed by atoms with Crippen molar-refractivity contribution < 1.29 is 0 Å². The molecule has 7 rings (SSSR count). The van der Waals surface area contributed by atoms with Crippen LogP contribution in [0.2, 0.25) is 0 Å². The van der Waals surface area contributed by atoms with E-state index in [1.807, 2.05) is 0 Å². The highest BCUT2D eigenvalue weighted by Gasteiger charge is 2.20. The summed E-state index contributed by atoms with van der Waals surface area (Å²) < 4.78 is 0. The Labute approximate surface area is 236 Å². The van der Waals surface area contributed by atoms with Crippen LogP contribution in [0.25, 0.3) is 66.1 Å². The van der Waals surface area contributed by atoms with E-state index in [0.717, 1.165) is 0 Å². The summed E-state index contributed by atoms with van der Waals surface area (Å²) in [4.78, 5) is 0. The number of fused-ring (bicyclic) bond motifs is 2. The highest BCUT2D eigenvalue weighted by atomic mass is 14.2. The van der Waals surface area contributed by atoms with E-state index >= 15 is 0 Å². The van der Waals surface area contributed by atoms with E-state index in [9.17, 15) is 0 Å². The minimum Gasteiger partial charge on any atom is -0.0616 e. The highest BCUT2D eigenvalue weighted by molar-refractivity contribution is 6.23. The van der Waals surface area contributed by atoms with Crippen molar-refractivity contribution >= 4 is 21.5 Å². The molecule has 0 aliphatic carbocycles. The molecule has 0 unspecified atom stereocenters. The van der Waals surface area contributed by atoms with Crippen molar-refractivity contribution in [2.75, 3.05) is 0 Å². The third-order valence-electron chi connectivity index (χ3n) is 8.05. The molecule has 0 spiro atoms. The number of rotatable bonds is 4. The number of hydrogen-bond donors (Lipinski definition) is 0. The van der Waals surface area contributed by atoms with Gasteiger partial charge in [-0.15, -0.1) is 0 Å². The highest BCUT2D eigenvalue weighted by Crippen LogP contribution is 2.47. The second-order valence-electron chi connectivity index (χ2n) is 10.7. The fourth-order valence-electron chi connectivity index (χ4n) is 6.08. The van der Waals surface area contributed by atoms with Crippen molar-refractivity contribution in [1.82, 2.24) is 0 Å². The number of aryl methyl sites for hydroxylation is 2. The van der Waals surface area contributed by atoms with Gasteiger partial charge in [0.15, 0.2) is 0 Å². The third-order valence-corrected chi connectivity index (χ3v) is 8.05. The third kappa shape index (κ3) is 4.10. The van der Waals surface area contributed by atoms with E-state index < -0.39 is 0 Å². The molecule has 0 nitrogen and oxygen atoms in total. The molecule has 0 heteroatoms. The molecule has 0 saturated carbocycles. The van der Waals surface area contributed by atoms with Crippen LogP contribution in [0.3, 0.4) is 0 Å². The Kier molecular flexibility index (Phi) is 6.02. The lowest BCUT2D eigenvalue weighted by molar-refractivity contribution is 1.47. The molecule has 0 atom stereocenters. The van der Waals surface area contributed by atoms with Crippen molar-refractivity contribution in [3.8, 4) is 44.5 Å². The van der Waals surface area contributed by atoms with Crippen molar-refractivity contribution in [2.45, 2.75) is 13.8 Å². The second kappa shape index (κ2) is 9.98. The molecule has 0 aromatic heterocycles. The summed E-state index contributed by atoms with van der Waals surface area (Å²) in [5.41, 5.74) is 12.6. The van der Waals surface area contributed by atoms with Crippen LogP contribution in [0.4, 0.5) is 0 Å². The summed E-state index contributed by atoms with van der Waals surface area (Å²) in [6.45, 7) is 4.29. The van der Waals surface area contributed by atoms with Crippen molar-refractivity contribution in [2.24, 2.45) is 0 Å². The smallest absolute Gasteiger partial charge is 0.00201 e. The summed E-state index contributed by atoms with van der Waals surface area (Å²) in [5.74, 6) is 0. The van der Waals surface area contributed by atoms with Gasteiger partial charge in [-0.2, -0.15) is 0 Å². The normalized spacial score (nSPS) is 11.2. The van der Waals surface area contributed by atoms with Crippen LogP contribution >= 0.6 is 0 Å². The molecule has 190 valence electrons. The minimum absolute atomic E-state index is 1.24. The maximum Gasteiger partial charge on any atom is -0.00201 e. The Morgan fingerprint density at radius 2 is 0.550 bits per heavy atom. The monoisotopic (exact) mass is 510 g/mol. The Balaban J connectivity index is 1.58. The molecule has 0 saturated heterocycles. The molecule has 0 bridgehead atoms. The summed E-state index contributed by atoms with van der Waals surface area (Å²) in [5, 5.41) is 5.09. The van der Waals surface area contributed by atoms with E-state index in [2.05, 4.69) is 159 Å². The minimum atomic E-state index is 1.24. The average molecular weight is 511 g/mol. The Morgan fingerprint density at radius 3 is 0.875 bits per heavy atom. The van der Waals surface area contributed by atoms with Crippen LogP contribution in [0.1, 0.15) is 11.1 Å². The lowest BCUT2D eigenvalue weighted by Gasteiger charge is -2.21. The van der Waals surface area contributed by atoms with E-state index in [0.29, 0.717) is 0 Å². The lowest BCUT2D eigenvalue weighted by atomic mass is 9.82. The van der Waals surface area contributed by atoms with Gasteiger partial charge in [0.1, 0.15) is 0 Å². The van der Waals surface area contributed by atoms with Crippen LogP contribution in [0, 0.1) is 13.8 Å². The SMILES string of the molecule is Cc1ccc(-c2ccccc2-c2c3ccccc3c(-c3ccccc3-c3ccc(C)cc3)c3ccccc23)cc1. The summed E-state index contributed by atoms with van der Waals surface area (Å²) in [6, 6.07) is 53.3. The van der Waals surface area contributed by atoms with Crippen LogP contribution in [0.15, 0.2) is 146 Å². The Bertz CT molecular complexity index is 1790. The zero-order chi connectivity index (χ0) is 27.1. The van der Waals surface area contributed by atoms with Gasteiger partial charge in [-0.05, 0) is 79.9 Å². The molecule has 0 aliphatic heterocycles. The van der Waals surface area contributed by atoms with E-state index in [1.165, 1.54) is 77.2 Å². The Morgan fingerprint density at radius 1 is 0.275 bits per heavy atom. The topological polar surface area (TPSA) is 0 Å². The first kappa shape index (κ1) is 24.1. The van der Waals surface area contributed by atoms with Gasteiger partial charge in [0, 0.05) is 0 Å². The van der Waals surface area contributed by atoms with Gasteiger partial charge in [-0.1, -0.05) is 157 Å². The van der Waals surface area contributed by atoms with Crippen molar-refractivity contribution in [1.29, 1.82) is 0 Å². The van der Waals surface area contributed by atoms with Crippen molar-refractivity contribution in [3.63, 3.8) is 0 Å². The van der Waals surface area contributed by atoms with Gasteiger partial charge in [-0.3, -0.25) is 0 Å². The predicted octanol–water partition coefficient (Wildman–Crippen LogP) is 11.3. The maximum absolute atomic E-state index is 2.29. The molecule has 0 fully saturated rings. The van der Waals surface area contributed by atoms with Crippen LogP contribution in [-0.4, -0.2) is 0 Å². The molecule has 7 aromatic rings. The van der Waals surface area contributed by atoms with Gasteiger partial charge in [0.2, 0.25) is 0 Å². The lowest BCUT2D eigenvalue weighted by Crippen LogP contribution is -1.94. The molecule has 7 aromatic carbocycles. The average Bonchev–Trinajstić information content (AvgIpc) is 3.01. The zero-order valence-electron chi connectivity index (χ0n) is 22.9. The van der Waals surface area contributed by atoms with Gasteiger partial charge in [0.25, 0.3) is 0 Å². The molecule has 0 heterocycles. The Hall–Kier alpha value is -4.94. The fraction of sp³-hybridized carbons (Fsp3) is 0.0500. The molecule has 40 heavy (non-hydrogen) atoms. The first-order valence-electron chi connectivity index (χ1n) is 14.0. The first-order chi connectivity index (χ1) is 19.7. The largest absolute Gasteiger partial charge is 0.0616 e. The van der Waals surface area contributed by atoms with E-state index in [1.54, 1.807) is 0 Å². The number of benzene rings is 7. The van der Waals surface area contributed by atoms with Gasteiger partial charge < -0.3 is 0 Å². The van der Waals surface area contributed by atoms with E-state index in [4.69, 9.17) is 0 Å². The maximum atomic E-state index is 2.29. The fourth-order valence-corrected chi connectivity index (χ4v) is 6.08. The van der Waals surface area contributed by atoms with Crippen LogP contribution in [0.5, 0.6) is 0 Å². The van der Waals surface area contributed by atoms with E-state index in [-0.39, 0.29) is 0 Å². The van der Waals surface area contributed by atoms with Gasteiger partial charge in [-0.25, -0.2) is 0 Å². The zero-order valence-corrected chi connectivity index (χ0v) is 22.9. The molecular weight excluding hydrogens is 480 g/mol.